The summed E-state index contributed by atoms with van der Waals surface area (Å²) in [6.45, 7) is 4.57. The fraction of sp³-hybridized carbons (Fsp3) is 0.778. The lowest BCUT2D eigenvalue weighted by molar-refractivity contribution is -0.123. The highest BCUT2D eigenvalue weighted by Crippen LogP contribution is 2.12. The summed E-state index contributed by atoms with van der Waals surface area (Å²) in [7, 11) is 0. The second-order valence-electron chi connectivity index (χ2n) is 3.75. The summed E-state index contributed by atoms with van der Waals surface area (Å²) in [6.07, 6.45) is 3.02. The largest absolute Gasteiger partial charge is 0.348 e. The van der Waals surface area contributed by atoms with Crippen LogP contribution in [0.4, 0.5) is 0 Å². The van der Waals surface area contributed by atoms with Crippen molar-refractivity contribution in [2.24, 2.45) is 5.73 Å². The molecule has 1 rings (SSSR count). The smallest absolute Gasteiger partial charge is 0.242 e. The maximum atomic E-state index is 11.7. The van der Waals surface area contributed by atoms with Crippen molar-refractivity contribution >= 4 is 18.3 Å². The van der Waals surface area contributed by atoms with Crippen molar-refractivity contribution in [3.05, 3.63) is 6.33 Å². The Morgan fingerprint density at radius 3 is 2.53 bits per heavy atom. The molecule has 0 aliphatic carbocycles. The zero-order chi connectivity index (χ0) is 12.0. The van der Waals surface area contributed by atoms with Gasteiger partial charge in [-0.25, -0.2) is 4.68 Å². The van der Waals surface area contributed by atoms with Crippen LogP contribution in [0.5, 0.6) is 0 Å². The van der Waals surface area contributed by atoms with Crippen LogP contribution in [0.15, 0.2) is 6.33 Å². The predicted molar refractivity (Wildman–Crippen MR) is 65.6 cm³/mol. The lowest BCUT2D eigenvalue weighted by Gasteiger charge is -2.31. The van der Waals surface area contributed by atoms with Gasteiger partial charge in [-0.1, -0.05) is 13.8 Å². The van der Waals surface area contributed by atoms with Gasteiger partial charge < -0.3 is 11.1 Å². The third kappa shape index (κ3) is 4.27. The molecular formula is C9H19ClN6O. The molecule has 0 unspecified atom stereocenters. The topological polar surface area (TPSA) is 98.7 Å². The predicted octanol–water partition coefficient (Wildman–Crippen LogP) is -0.271. The van der Waals surface area contributed by atoms with E-state index >= 15 is 0 Å². The molecule has 8 heteroatoms. The summed E-state index contributed by atoms with van der Waals surface area (Å²) in [5.74, 6) is -0.124. The van der Waals surface area contributed by atoms with Crippen molar-refractivity contribution in [3.63, 3.8) is 0 Å². The van der Waals surface area contributed by atoms with Crippen LogP contribution in [-0.2, 0) is 11.3 Å². The van der Waals surface area contributed by atoms with E-state index in [4.69, 9.17) is 5.73 Å². The summed E-state index contributed by atoms with van der Waals surface area (Å²) in [5.41, 5.74) is 5.37. The van der Waals surface area contributed by atoms with Crippen LogP contribution in [0.3, 0.4) is 0 Å². The fourth-order valence-electron chi connectivity index (χ4n) is 1.50. The van der Waals surface area contributed by atoms with E-state index in [0.717, 1.165) is 12.8 Å². The number of tetrazole rings is 1. The second-order valence-corrected chi connectivity index (χ2v) is 3.75. The summed E-state index contributed by atoms with van der Waals surface area (Å²) in [5, 5.41) is 13.5. The average Bonchev–Trinajstić information content (AvgIpc) is 2.79. The van der Waals surface area contributed by atoms with E-state index in [1.165, 1.54) is 11.0 Å². The van der Waals surface area contributed by atoms with Crippen LogP contribution in [-0.4, -0.2) is 38.2 Å². The normalized spacial score (nSPS) is 10.8. The summed E-state index contributed by atoms with van der Waals surface area (Å²) in [6, 6.07) is 0. The minimum absolute atomic E-state index is 0. The van der Waals surface area contributed by atoms with Gasteiger partial charge in [0, 0.05) is 6.54 Å². The van der Waals surface area contributed by atoms with Crippen LogP contribution in [0.2, 0.25) is 0 Å². The van der Waals surface area contributed by atoms with Crippen molar-refractivity contribution in [1.82, 2.24) is 25.5 Å². The van der Waals surface area contributed by atoms with Gasteiger partial charge in [0.1, 0.15) is 12.9 Å². The zero-order valence-electron chi connectivity index (χ0n) is 10.1. The van der Waals surface area contributed by atoms with Gasteiger partial charge in [0.05, 0.1) is 5.54 Å². The van der Waals surface area contributed by atoms with Crippen molar-refractivity contribution in [2.45, 2.75) is 38.8 Å². The van der Waals surface area contributed by atoms with Crippen LogP contribution >= 0.6 is 12.4 Å². The Labute approximate surface area is 107 Å². The van der Waals surface area contributed by atoms with Crippen LogP contribution in [0.1, 0.15) is 26.7 Å². The quantitative estimate of drug-likeness (QED) is 0.735. The van der Waals surface area contributed by atoms with Gasteiger partial charge in [-0.15, -0.1) is 17.5 Å². The standard InChI is InChI=1S/C9H18N6O.ClH/c1-3-9(4-2,6-10)12-8(16)5-15-7-11-13-14-15;/h7H,3-6,10H2,1-2H3,(H,12,16);1H. The molecule has 0 fully saturated rings. The number of rotatable bonds is 6. The highest BCUT2D eigenvalue weighted by atomic mass is 35.5. The van der Waals surface area contributed by atoms with Crippen LogP contribution in [0, 0.1) is 0 Å². The van der Waals surface area contributed by atoms with Crippen molar-refractivity contribution < 1.29 is 4.79 Å². The molecule has 1 amide bonds. The Morgan fingerprint density at radius 2 is 2.12 bits per heavy atom. The van der Waals surface area contributed by atoms with Gasteiger partial charge in [-0.3, -0.25) is 4.79 Å². The SMILES string of the molecule is CCC(CC)(CN)NC(=O)Cn1cnnn1.Cl. The van der Waals surface area contributed by atoms with Gasteiger partial charge in [-0.05, 0) is 23.3 Å². The van der Waals surface area contributed by atoms with Crippen LogP contribution in [0.25, 0.3) is 0 Å². The Balaban J connectivity index is 0.00000256. The Bertz CT molecular complexity index is 316. The van der Waals surface area contributed by atoms with E-state index < -0.39 is 0 Å². The van der Waals surface area contributed by atoms with Crippen molar-refractivity contribution in [3.8, 4) is 0 Å². The highest BCUT2D eigenvalue weighted by molar-refractivity contribution is 5.85. The number of nitrogens with zero attached hydrogens (tertiary/aromatic N) is 4. The summed E-state index contributed by atoms with van der Waals surface area (Å²) < 4.78 is 1.38. The first kappa shape index (κ1) is 15.8. The maximum Gasteiger partial charge on any atom is 0.242 e. The van der Waals surface area contributed by atoms with E-state index in [2.05, 4.69) is 20.8 Å². The molecule has 7 nitrogen and oxygen atoms in total. The minimum Gasteiger partial charge on any atom is -0.348 e. The molecule has 0 saturated heterocycles. The molecule has 1 aromatic heterocycles. The molecule has 17 heavy (non-hydrogen) atoms. The van der Waals surface area contributed by atoms with E-state index in [1.807, 2.05) is 13.8 Å². The first-order valence-electron chi connectivity index (χ1n) is 5.37. The molecule has 1 aromatic rings. The van der Waals surface area contributed by atoms with E-state index in [1.54, 1.807) is 0 Å². The molecule has 98 valence electrons. The molecule has 0 aliphatic heterocycles. The number of nitrogens with two attached hydrogens (primary N) is 1. The lowest BCUT2D eigenvalue weighted by atomic mass is 9.93. The number of aromatic nitrogens is 4. The molecule has 1 heterocycles. The second kappa shape index (κ2) is 7.18. The third-order valence-electron chi connectivity index (χ3n) is 2.85. The minimum atomic E-state index is -0.314. The van der Waals surface area contributed by atoms with Gasteiger partial charge in [0.25, 0.3) is 0 Å². The maximum absolute atomic E-state index is 11.7. The highest BCUT2D eigenvalue weighted by Gasteiger charge is 2.26. The molecular weight excluding hydrogens is 244 g/mol. The van der Waals surface area contributed by atoms with Crippen molar-refractivity contribution in [1.29, 1.82) is 0 Å². The molecule has 0 radical (unpaired) electrons. The molecule has 0 atom stereocenters. The third-order valence-corrected chi connectivity index (χ3v) is 2.85. The Hall–Kier alpha value is -1.21. The first-order valence-corrected chi connectivity index (χ1v) is 5.37. The van der Waals surface area contributed by atoms with Gasteiger partial charge in [-0.2, -0.15) is 0 Å². The van der Waals surface area contributed by atoms with Gasteiger partial charge in [0.2, 0.25) is 5.91 Å². The van der Waals surface area contributed by atoms with E-state index in [0.29, 0.717) is 6.54 Å². The fourth-order valence-corrected chi connectivity index (χ4v) is 1.50. The van der Waals surface area contributed by atoms with Crippen molar-refractivity contribution in [2.75, 3.05) is 6.54 Å². The molecule has 0 aromatic carbocycles. The van der Waals surface area contributed by atoms with Crippen LogP contribution < -0.4 is 11.1 Å². The molecule has 0 saturated carbocycles. The number of carbonyl (C=O) groups excluding carboxylic acids is 1. The summed E-state index contributed by atoms with van der Waals surface area (Å²) in [4.78, 5) is 11.7. The average molecular weight is 263 g/mol. The first-order chi connectivity index (χ1) is 7.65. The summed E-state index contributed by atoms with van der Waals surface area (Å²) >= 11 is 0. The molecule has 0 bridgehead atoms. The lowest BCUT2D eigenvalue weighted by Crippen LogP contribution is -2.53. The monoisotopic (exact) mass is 262 g/mol. The number of carbonyl (C=O) groups is 1. The van der Waals surface area contributed by atoms with Gasteiger partial charge >= 0.3 is 0 Å². The van der Waals surface area contributed by atoms with E-state index in [9.17, 15) is 4.79 Å². The molecule has 0 aliphatic rings. The number of halogens is 1. The van der Waals surface area contributed by atoms with Gasteiger partial charge in [0.15, 0.2) is 0 Å². The zero-order valence-corrected chi connectivity index (χ0v) is 10.9. The molecule has 0 spiro atoms. The number of amides is 1. The number of hydrogen-bond acceptors (Lipinski definition) is 5. The molecule has 3 N–H and O–H groups in total. The number of nitrogens with one attached hydrogen (secondary N) is 1. The van der Waals surface area contributed by atoms with E-state index in [-0.39, 0.29) is 30.4 Å². The Kier molecular flexibility index (Phi) is 6.67. The Morgan fingerprint density at radius 1 is 1.47 bits per heavy atom. The number of hydrogen-bond donors (Lipinski definition) is 2.